The van der Waals surface area contributed by atoms with E-state index in [4.69, 9.17) is 4.42 Å². The summed E-state index contributed by atoms with van der Waals surface area (Å²) in [5.41, 5.74) is 2.26. The number of furan rings is 1. The van der Waals surface area contributed by atoms with Gasteiger partial charge in [0.25, 0.3) is 0 Å². The summed E-state index contributed by atoms with van der Waals surface area (Å²) in [6.45, 7) is 2.29. The van der Waals surface area contributed by atoms with Crippen molar-refractivity contribution in [2.24, 2.45) is 0 Å². The molecule has 0 saturated heterocycles. The number of hydrogen-bond donors (Lipinski definition) is 0. The highest BCUT2D eigenvalue weighted by molar-refractivity contribution is 7.90. The number of hydrogen-bond acceptors (Lipinski definition) is 5. The summed E-state index contributed by atoms with van der Waals surface area (Å²) in [7, 11) is -3.72. The Labute approximate surface area is 193 Å². The SMILES string of the molecule is CC(=O)N(Cc1ccco1)Cc1cnc(S(=O)(=O)Cc2ccccc2)n1Cc1ccccc1. The van der Waals surface area contributed by atoms with Crippen LogP contribution in [0.2, 0.25) is 0 Å². The minimum absolute atomic E-state index is 0.00768. The molecule has 0 bridgehead atoms. The number of aromatic nitrogens is 2. The molecule has 0 radical (unpaired) electrons. The van der Waals surface area contributed by atoms with Crippen molar-refractivity contribution >= 4 is 15.7 Å². The van der Waals surface area contributed by atoms with Crippen LogP contribution in [0, 0.1) is 0 Å². The number of carbonyl (C=O) groups excluding carboxylic acids is 1. The Morgan fingerprint density at radius 1 is 0.939 bits per heavy atom. The van der Waals surface area contributed by atoms with E-state index in [1.54, 1.807) is 46.2 Å². The van der Waals surface area contributed by atoms with Gasteiger partial charge in [0.15, 0.2) is 0 Å². The Balaban J connectivity index is 1.69. The number of nitrogens with zero attached hydrogens (tertiary/aromatic N) is 3. The van der Waals surface area contributed by atoms with E-state index in [2.05, 4.69) is 4.98 Å². The van der Waals surface area contributed by atoms with Crippen molar-refractivity contribution in [2.75, 3.05) is 0 Å². The summed E-state index contributed by atoms with van der Waals surface area (Å²) in [6.07, 6.45) is 3.10. The second kappa shape index (κ2) is 9.87. The van der Waals surface area contributed by atoms with Gasteiger partial charge in [0.1, 0.15) is 5.76 Å². The summed E-state index contributed by atoms with van der Waals surface area (Å²) in [6, 6.07) is 22.2. The fraction of sp³-hybridized carbons (Fsp3) is 0.200. The van der Waals surface area contributed by atoms with Gasteiger partial charge in [0.05, 0.1) is 43.5 Å². The maximum atomic E-state index is 13.3. The molecular weight excluding hydrogens is 438 g/mol. The molecule has 0 saturated carbocycles. The molecule has 2 heterocycles. The van der Waals surface area contributed by atoms with Crippen LogP contribution in [-0.4, -0.2) is 28.8 Å². The van der Waals surface area contributed by atoms with Crippen molar-refractivity contribution < 1.29 is 17.6 Å². The van der Waals surface area contributed by atoms with Gasteiger partial charge in [-0.05, 0) is 23.3 Å². The summed E-state index contributed by atoms with van der Waals surface area (Å²) >= 11 is 0. The van der Waals surface area contributed by atoms with E-state index in [0.29, 0.717) is 23.6 Å². The van der Waals surface area contributed by atoms with Crippen LogP contribution in [0.3, 0.4) is 0 Å². The van der Waals surface area contributed by atoms with E-state index in [1.807, 2.05) is 48.5 Å². The molecule has 0 spiro atoms. The van der Waals surface area contributed by atoms with Gasteiger partial charge in [-0.2, -0.15) is 0 Å². The molecule has 4 rings (SSSR count). The Morgan fingerprint density at radius 3 is 2.21 bits per heavy atom. The van der Waals surface area contributed by atoms with Crippen LogP contribution in [0.1, 0.15) is 29.5 Å². The lowest BCUT2D eigenvalue weighted by Crippen LogP contribution is -2.29. The zero-order chi connectivity index (χ0) is 23.3. The van der Waals surface area contributed by atoms with Gasteiger partial charge >= 0.3 is 0 Å². The first-order chi connectivity index (χ1) is 15.9. The fourth-order valence-electron chi connectivity index (χ4n) is 3.62. The van der Waals surface area contributed by atoms with E-state index in [9.17, 15) is 13.2 Å². The lowest BCUT2D eigenvalue weighted by atomic mass is 10.2. The lowest BCUT2D eigenvalue weighted by Gasteiger charge is -2.21. The molecule has 7 nitrogen and oxygen atoms in total. The number of imidazole rings is 1. The topological polar surface area (TPSA) is 85.4 Å². The molecule has 0 aliphatic rings. The monoisotopic (exact) mass is 463 g/mol. The zero-order valence-electron chi connectivity index (χ0n) is 18.3. The van der Waals surface area contributed by atoms with Gasteiger partial charge in [0, 0.05) is 6.92 Å². The number of rotatable bonds is 9. The molecule has 0 atom stereocenters. The molecule has 2 aromatic carbocycles. The van der Waals surface area contributed by atoms with Crippen molar-refractivity contribution in [3.63, 3.8) is 0 Å². The van der Waals surface area contributed by atoms with Crippen LogP contribution in [0.15, 0.2) is 94.8 Å². The molecule has 0 unspecified atom stereocenters. The van der Waals surface area contributed by atoms with Crippen LogP contribution < -0.4 is 0 Å². The number of amides is 1. The molecule has 33 heavy (non-hydrogen) atoms. The van der Waals surface area contributed by atoms with Crippen molar-refractivity contribution in [1.82, 2.24) is 14.5 Å². The van der Waals surface area contributed by atoms with E-state index in [0.717, 1.165) is 5.56 Å². The smallest absolute Gasteiger partial charge is 0.228 e. The third kappa shape index (κ3) is 5.59. The first-order valence-electron chi connectivity index (χ1n) is 10.6. The average molecular weight is 464 g/mol. The minimum Gasteiger partial charge on any atom is -0.467 e. The molecule has 8 heteroatoms. The molecule has 0 aliphatic carbocycles. The van der Waals surface area contributed by atoms with Crippen LogP contribution in [-0.2, 0) is 40.0 Å². The van der Waals surface area contributed by atoms with Crippen molar-refractivity contribution in [3.8, 4) is 0 Å². The van der Waals surface area contributed by atoms with Crippen molar-refractivity contribution in [3.05, 3.63) is 108 Å². The first kappa shape index (κ1) is 22.5. The maximum absolute atomic E-state index is 13.3. The highest BCUT2D eigenvalue weighted by atomic mass is 32.2. The highest BCUT2D eigenvalue weighted by Crippen LogP contribution is 2.21. The Hall–Kier alpha value is -3.65. The van der Waals surface area contributed by atoms with Crippen LogP contribution in [0.5, 0.6) is 0 Å². The Bertz CT molecular complexity index is 1300. The van der Waals surface area contributed by atoms with Gasteiger partial charge in [0.2, 0.25) is 20.9 Å². The number of carbonyl (C=O) groups is 1. The van der Waals surface area contributed by atoms with Crippen LogP contribution in [0.4, 0.5) is 0 Å². The first-order valence-corrected chi connectivity index (χ1v) is 12.2. The van der Waals surface area contributed by atoms with Gasteiger partial charge in [-0.1, -0.05) is 60.7 Å². The summed E-state index contributed by atoms with van der Waals surface area (Å²) in [4.78, 5) is 18.2. The standard InChI is InChI=1S/C25H25N3O4S/c1-20(29)27(18-24-13-8-14-32-24)17-23-15-26-25(28(23)16-21-9-4-2-5-10-21)33(30,31)19-22-11-6-3-7-12-22/h2-15H,16-19H2,1H3. The largest absolute Gasteiger partial charge is 0.467 e. The van der Waals surface area contributed by atoms with Crippen molar-refractivity contribution in [1.29, 1.82) is 0 Å². The summed E-state index contributed by atoms with van der Waals surface area (Å²) < 4.78 is 33.7. The predicted octanol–water partition coefficient (Wildman–Crippen LogP) is 4.05. The molecule has 0 fully saturated rings. The Kier molecular flexibility index (Phi) is 6.74. The average Bonchev–Trinajstić information content (AvgIpc) is 3.45. The zero-order valence-corrected chi connectivity index (χ0v) is 19.1. The number of benzene rings is 2. The predicted molar refractivity (Wildman–Crippen MR) is 124 cm³/mol. The van der Waals surface area contributed by atoms with Gasteiger partial charge in [-0.25, -0.2) is 13.4 Å². The Morgan fingerprint density at radius 2 is 1.61 bits per heavy atom. The molecule has 0 N–H and O–H groups in total. The maximum Gasteiger partial charge on any atom is 0.228 e. The van der Waals surface area contributed by atoms with Gasteiger partial charge < -0.3 is 13.9 Å². The molecular formula is C25H25N3O4S. The van der Waals surface area contributed by atoms with Gasteiger partial charge in [-0.3, -0.25) is 4.79 Å². The lowest BCUT2D eigenvalue weighted by molar-refractivity contribution is -0.130. The molecule has 0 aliphatic heterocycles. The molecule has 1 amide bonds. The summed E-state index contributed by atoms with van der Waals surface area (Å²) in [5.74, 6) is 0.353. The van der Waals surface area contributed by atoms with Gasteiger partial charge in [-0.15, -0.1) is 0 Å². The quantitative estimate of drug-likeness (QED) is 0.374. The summed E-state index contributed by atoms with van der Waals surface area (Å²) in [5, 5.41) is -0.00768. The van der Waals surface area contributed by atoms with E-state index < -0.39 is 9.84 Å². The number of sulfone groups is 1. The van der Waals surface area contributed by atoms with Crippen molar-refractivity contribution in [2.45, 2.75) is 37.5 Å². The fourth-order valence-corrected chi connectivity index (χ4v) is 5.12. The van der Waals surface area contributed by atoms with E-state index >= 15 is 0 Å². The van der Waals surface area contributed by atoms with E-state index in [-0.39, 0.29) is 29.9 Å². The third-order valence-corrected chi connectivity index (χ3v) is 6.88. The normalized spacial score (nSPS) is 11.4. The second-order valence-corrected chi connectivity index (χ2v) is 9.69. The molecule has 170 valence electrons. The molecule has 4 aromatic rings. The van der Waals surface area contributed by atoms with Crippen LogP contribution in [0.25, 0.3) is 0 Å². The minimum atomic E-state index is -3.72. The third-order valence-electron chi connectivity index (χ3n) is 5.29. The molecule has 2 aromatic heterocycles. The van der Waals surface area contributed by atoms with E-state index in [1.165, 1.54) is 6.92 Å². The highest BCUT2D eigenvalue weighted by Gasteiger charge is 2.25. The van der Waals surface area contributed by atoms with Crippen LogP contribution >= 0.6 is 0 Å². The second-order valence-electron chi connectivity index (χ2n) is 7.80.